The van der Waals surface area contributed by atoms with E-state index in [9.17, 15) is 19.2 Å². The SMILES string of the molecule is CCOC(=O)CC[C@@H](NC(=O)[C@@H](NC(=O)C(C)(C)c1ccc(C)cc1)C(C)(C)C)C(=O)OCC. The van der Waals surface area contributed by atoms with Crippen LogP contribution in [0.1, 0.15) is 72.4 Å². The summed E-state index contributed by atoms with van der Waals surface area (Å²) in [5, 5.41) is 5.55. The molecule has 0 saturated carbocycles. The fourth-order valence-electron chi connectivity index (χ4n) is 3.33. The normalized spacial score (nSPS) is 13.4. The van der Waals surface area contributed by atoms with Crippen LogP contribution in [-0.4, -0.2) is 49.1 Å². The largest absolute Gasteiger partial charge is 0.466 e. The van der Waals surface area contributed by atoms with Crippen LogP contribution >= 0.6 is 0 Å². The van der Waals surface area contributed by atoms with Gasteiger partial charge in [-0.25, -0.2) is 4.79 Å². The minimum Gasteiger partial charge on any atom is -0.466 e. The summed E-state index contributed by atoms with van der Waals surface area (Å²) >= 11 is 0. The Morgan fingerprint density at radius 1 is 0.882 bits per heavy atom. The maximum atomic E-state index is 13.3. The van der Waals surface area contributed by atoms with Crippen molar-refractivity contribution in [2.24, 2.45) is 5.41 Å². The molecule has 0 bridgehead atoms. The minimum absolute atomic E-state index is 0.0308. The van der Waals surface area contributed by atoms with Gasteiger partial charge in [-0.3, -0.25) is 14.4 Å². The Labute approximate surface area is 203 Å². The molecule has 8 nitrogen and oxygen atoms in total. The predicted molar refractivity (Wildman–Crippen MR) is 130 cm³/mol. The summed E-state index contributed by atoms with van der Waals surface area (Å²) in [4.78, 5) is 50.8. The quantitative estimate of drug-likeness (QED) is 0.475. The molecule has 0 aliphatic rings. The second-order valence-corrected chi connectivity index (χ2v) is 9.92. The van der Waals surface area contributed by atoms with Crippen LogP contribution in [0, 0.1) is 12.3 Å². The molecule has 0 spiro atoms. The van der Waals surface area contributed by atoms with Crippen LogP contribution in [0.5, 0.6) is 0 Å². The lowest BCUT2D eigenvalue weighted by atomic mass is 9.81. The third kappa shape index (κ3) is 8.47. The van der Waals surface area contributed by atoms with Crippen molar-refractivity contribution in [2.45, 2.75) is 85.7 Å². The summed E-state index contributed by atoms with van der Waals surface area (Å²) in [6.07, 6.45) is -0.0202. The van der Waals surface area contributed by atoms with Gasteiger partial charge in [0.1, 0.15) is 12.1 Å². The molecule has 0 aliphatic carbocycles. The molecular formula is C26H40N2O6. The number of carbonyl (C=O) groups excluding carboxylic acids is 4. The molecule has 190 valence electrons. The molecule has 34 heavy (non-hydrogen) atoms. The number of nitrogens with one attached hydrogen (secondary N) is 2. The maximum Gasteiger partial charge on any atom is 0.328 e. The average Bonchev–Trinajstić information content (AvgIpc) is 2.74. The minimum atomic E-state index is -1.04. The van der Waals surface area contributed by atoms with E-state index in [-0.39, 0.29) is 32.0 Å². The molecule has 0 aliphatic heterocycles. The van der Waals surface area contributed by atoms with Crippen LogP contribution in [0.3, 0.4) is 0 Å². The van der Waals surface area contributed by atoms with E-state index in [1.807, 2.05) is 52.0 Å². The molecule has 0 saturated heterocycles. The monoisotopic (exact) mass is 476 g/mol. The van der Waals surface area contributed by atoms with Crippen molar-refractivity contribution < 1.29 is 28.7 Å². The number of rotatable bonds is 11. The molecule has 0 heterocycles. The van der Waals surface area contributed by atoms with Gasteiger partial charge in [0.2, 0.25) is 11.8 Å². The number of amides is 2. The Kier molecular flexibility index (Phi) is 10.7. The number of aryl methyl sites for hydroxylation is 1. The highest BCUT2D eigenvalue weighted by Gasteiger charge is 2.39. The van der Waals surface area contributed by atoms with Crippen LogP contribution in [-0.2, 0) is 34.1 Å². The van der Waals surface area contributed by atoms with Gasteiger partial charge in [-0.05, 0) is 52.0 Å². The van der Waals surface area contributed by atoms with Crippen molar-refractivity contribution in [2.75, 3.05) is 13.2 Å². The molecular weight excluding hydrogens is 436 g/mol. The second-order valence-electron chi connectivity index (χ2n) is 9.92. The molecule has 0 aromatic heterocycles. The zero-order valence-electron chi connectivity index (χ0n) is 21.7. The molecule has 2 amide bonds. The summed E-state index contributed by atoms with van der Waals surface area (Å²) in [7, 11) is 0. The average molecular weight is 477 g/mol. The molecule has 1 aromatic rings. The van der Waals surface area contributed by atoms with Gasteiger partial charge in [-0.15, -0.1) is 0 Å². The lowest BCUT2D eigenvalue weighted by Gasteiger charge is -2.34. The Hall–Kier alpha value is -2.90. The molecule has 0 unspecified atom stereocenters. The zero-order chi connectivity index (χ0) is 26.1. The first kappa shape index (κ1) is 29.1. The van der Waals surface area contributed by atoms with Crippen LogP contribution in [0.15, 0.2) is 24.3 Å². The predicted octanol–water partition coefficient (Wildman–Crippen LogP) is 3.19. The number of hydrogen-bond donors (Lipinski definition) is 2. The van der Waals surface area contributed by atoms with E-state index in [1.54, 1.807) is 27.7 Å². The Morgan fingerprint density at radius 2 is 1.44 bits per heavy atom. The Morgan fingerprint density at radius 3 is 1.94 bits per heavy atom. The molecule has 0 fully saturated rings. The number of esters is 2. The van der Waals surface area contributed by atoms with Gasteiger partial charge in [0, 0.05) is 6.42 Å². The first-order chi connectivity index (χ1) is 15.7. The van der Waals surface area contributed by atoms with E-state index in [1.165, 1.54) is 0 Å². The van der Waals surface area contributed by atoms with Gasteiger partial charge in [0.25, 0.3) is 0 Å². The molecule has 1 rings (SSSR count). The van der Waals surface area contributed by atoms with Crippen molar-refractivity contribution in [3.63, 3.8) is 0 Å². The fourth-order valence-corrected chi connectivity index (χ4v) is 3.33. The number of hydrogen-bond acceptors (Lipinski definition) is 6. The van der Waals surface area contributed by atoms with Crippen molar-refractivity contribution in [1.29, 1.82) is 0 Å². The number of carbonyl (C=O) groups is 4. The first-order valence-electron chi connectivity index (χ1n) is 11.7. The van der Waals surface area contributed by atoms with Gasteiger partial charge < -0.3 is 20.1 Å². The fraction of sp³-hybridized carbons (Fsp3) is 0.615. The molecule has 0 radical (unpaired) electrons. The Balaban J connectivity index is 3.07. The number of ether oxygens (including phenoxy) is 2. The molecule has 2 N–H and O–H groups in total. The summed E-state index contributed by atoms with van der Waals surface area (Å²) in [6.45, 7) is 14.8. The van der Waals surface area contributed by atoms with Crippen molar-refractivity contribution >= 4 is 23.8 Å². The summed E-state index contributed by atoms with van der Waals surface area (Å²) < 4.78 is 9.99. The van der Waals surface area contributed by atoms with Gasteiger partial charge in [0.15, 0.2) is 0 Å². The van der Waals surface area contributed by atoms with Crippen molar-refractivity contribution in [3.8, 4) is 0 Å². The van der Waals surface area contributed by atoms with E-state index in [0.29, 0.717) is 0 Å². The highest BCUT2D eigenvalue weighted by Crippen LogP contribution is 2.26. The van der Waals surface area contributed by atoms with Gasteiger partial charge in [0.05, 0.1) is 18.6 Å². The topological polar surface area (TPSA) is 111 Å². The third-order valence-electron chi connectivity index (χ3n) is 5.57. The maximum absolute atomic E-state index is 13.3. The molecule has 8 heteroatoms. The second kappa shape index (κ2) is 12.5. The summed E-state index contributed by atoms with van der Waals surface area (Å²) in [5.74, 6) is -1.95. The summed E-state index contributed by atoms with van der Waals surface area (Å²) in [6, 6.07) is 5.70. The van der Waals surface area contributed by atoms with Crippen LogP contribution in [0.4, 0.5) is 0 Å². The van der Waals surface area contributed by atoms with E-state index in [2.05, 4.69) is 10.6 Å². The lowest BCUT2D eigenvalue weighted by molar-refractivity contribution is -0.149. The van der Waals surface area contributed by atoms with E-state index in [0.717, 1.165) is 11.1 Å². The highest BCUT2D eigenvalue weighted by molar-refractivity contribution is 5.94. The van der Waals surface area contributed by atoms with Gasteiger partial charge >= 0.3 is 11.9 Å². The van der Waals surface area contributed by atoms with Crippen molar-refractivity contribution in [1.82, 2.24) is 10.6 Å². The third-order valence-corrected chi connectivity index (χ3v) is 5.57. The Bertz CT molecular complexity index is 855. The zero-order valence-corrected chi connectivity index (χ0v) is 21.7. The van der Waals surface area contributed by atoms with Crippen molar-refractivity contribution in [3.05, 3.63) is 35.4 Å². The van der Waals surface area contributed by atoms with E-state index >= 15 is 0 Å². The summed E-state index contributed by atoms with van der Waals surface area (Å²) in [5.41, 5.74) is 0.369. The number of benzene rings is 1. The van der Waals surface area contributed by atoms with Crippen LogP contribution < -0.4 is 10.6 Å². The standard InChI is InChI=1S/C26H40N2O6/c1-9-33-20(29)16-15-19(23(31)34-10-2)27-22(30)21(25(4,5)6)28-24(32)26(7,8)18-13-11-17(3)12-14-18/h11-14,19,21H,9-10,15-16H2,1-8H3,(H,27,30)(H,28,32)/t19-,21-/m1/s1. The molecule has 1 aromatic carbocycles. The smallest absolute Gasteiger partial charge is 0.328 e. The molecule has 2 atom stereocenters. The van der Waals surface area contributed by atoms with Gasteiger partial charge in [-0.1, -0.05) is 50.6 Å². The highest BCUT2D eigenvalue weighted by atomic mass is 16.5. The van der Waals surface area contributed by atoms with Crippen LogP contribution in [0.2, 0.25) is 0 Å². The lowest BCUT2D eigenvalue weighted by Crippen LogP contribution is -2.59. The van der Waals surface area contributed by atoms with E-state index in [4.69, 9.17) is 9.47 Å². The van der Waals surface area contributed by atoms with E-state index < -0.39 is 40.8 Å². The van der Waals surface area contributed by atoms with Gasteiger partial charge in [-0.2, -0.15) is 0 Å². The first-order valence-corrected chi connectivity index (χ1v) is 11.7. The van der Waals surface area contributed by atoms with Crippen LogP contribution in [0.25, 0.3) is 0 Å².